The van der Waals surface area contributed by atoms with Gasteiger partial charge in [-0.05, 0) is 31.5 Å². The summed E-state index contributed by atoms with van der Waals surface area (Å²) in [4.78, 5) is 29.4. The van der Waals surface area contributed by atoms with E-state index >= 15 is 0 Å². The Labute approximate surface area is 143 Å². The average Bonchev–Trinajstić information content (AvgIpc) is 3.06. The molecule has 25 heavy (non-hydrogen) atoms. The second-order valence-corrected chi connectivity index (χ2v) is 7.89. The minimum absolute atomic E-state index is 0.112. The van der Waals surface area contributed by atoms with Gasteiger partial charge in [0.05, 0.1) is 16.3 Å². The lowest BCUT2D eigenvalue weighted by Gasteiger charge is -2.16. The molecule has 0 bridgehead atoms. The lowest BCUT2D eigenvalue weighted by molar-refractivity contribution is 0.174. The predicted octanol–water partition coefficient (Wildman–Crippen LogP) is 0.671. The third-order valence-corrected chi connectivity index (χ3v) is 5.24. The summed E-state index contributed by atoms with van der Waals surface area (Å²) in [5.41, 5.74) is 0.778. The molecule has 1 aliphatic heterocycles. The SMILES string of the molecule is Cc1c(-n2[nH]cc(C)c(=O)c2=O)ccc(S(C)(=O)=O)c1C1=NOCC1. The molecule has 2 heterocycles. The van der Waals surface area contributed by atoms with Crippen molar-refractivity contribution < 1.29 is 13.3 Å². The van der Waals surface area contributed by atoms with Gasteiger partial charge in [-0.2, -0.15) is 0 Å². The van der Waals surface area contributed by atoms with Crippen LogP contribution in [0.25, 0.3) is 5.69 Å². The summed E-state index contributed by atoms with van der Waals surface area (Å²) in [7, 11) is -3.51. The standard InChI is InChI=1S/C16H17N3O5S/c1-9-8-17-19(16(21)15(9)20)12-4-5-13(25(3,22)23)14(10(12)2)11-6-7-24-18-11/h4-5,8,17H,6-7H2,1-3H3. The molecule has 0 radical (unpaired) electrons. The summed E-state index contributed by atoms with van der Waals surface area (Å²) < 4.78 is 25.4. The van der Waals surface area contributed by atoms with Gasteiger partial charge in [0.15, 0.2) is 9.84 Å². The Morgan fingerprint density at radius 2 is 1.96 bits per heavy atom. The number of aromatic nitrogens is 2. The summed E-state index contributed by atoms with van der Waals surface area (Å²) in [6.07, 6.45) is 3.01. The summed E-state index contributed by atoms with van der Waals surface area (Å²) in [5.74, 6) is 0. The van der Waals surface area contributed by atoms with Crippen molar-refractivity contribution in [2.24, 2.45) is 5.16 Å². The van der Waals surface area contributed by atoms with E-state index in [1.54, 1.807) is 13.8 Å². The topological polar surface area (TPSA) is 111 Å². The molecule has 0 spiro atoms. The zero-order valence-electron chi connectivity index (χ0n) is 14.0. The van der Waals surface area contributed by atoms with E-state index < -0.39 is 20.8 Å². The van der Waals surface area contributed by atoms with Gasteiger partial charge in [-0.25, -0.2) is 13.1 Å². The number of hydrogen-bond acceptors (Lipinski definition) is 6. The minimum atomic E-state index is -3.51. The number of nitrogens with zero attached hydrogens (tertiary/aromatic N) is 2. The van der Waals surface area contributed by atoms with E-state index in [1.807, 2.05) is 0 Å². The first kappa shape index (κ1) is 17.2. The zero-order valence-corrected chi connectivity index (χ0v) is 14.8. The zero-order chi connectivity index (χ0) is 18.4. The number of aryl methyl sites for hydroxylation is 1. The van der Waals surface area contributed by atoms with Crippen LogP contribution in [-0.2, 0) is 14.7 Å². The third-order valence-electron chi connectivity index (χ3n) is 4.10. The molecule has 1 aromatic carbocycles. The van der Waals surface area contributed by atoms with Crippen molar-refractivity contribution in [2.45, 2.75) is 25.2 Å². The van der Waals surface area contributed by atoms with Gasteiger partial charge in [0.1, 0.15) is 6.61 Å². The molecule has 0 amide bonds. The van der Waals surface area contributed by atoms with Gasteiger partial charge >= 0.3 is 5.56 Å². The van der Waals surface area contributed by atoms with Gasteiger partial charge in [0.2, 0.25) is 5.43 Å². The molecule has 0 aliphatic carbocycles. The summed E-state index contributed by atoms with van der Waals surface area (Å²) in [5, 5.41) is 6.69. The maximum Gasteiger partial charge on any atom is 0.317 e. The average molecular weight is 363 g/mol. The highest BCUT2D eigenvalue weighted by Gasteiger charge is 2.25. The molecular weight excluding hydrogens is 346 g/mol. The molecule has 0 saturated heterocycles. The second-order valence-electron chi connectivity index (χ2n) is 5.90. The van der Waals surface area contributed by atoms with Gasteiger partial charge in [-0.3, -0.25) is 14.7 Å². The highest BCUT2D eigenvalue weighted by atomic mass is 32.2. The lowest BCUT2D eigenvalue weighted by Crippen LogP contribution is -2.36. The quantitative estimate of drug-likeness (QED) is 0.806. The molecule has 3 rings (SSSR count). The van der Waals surface area contributed by atoms with Crippen molar-refractivity contribution in [2.75, 3.05) is 12.9 Å². The molecule has 1 N–H and O–H groups in total. The maximum absolute atomic E-state index is 12.3. The fourth-order valence-corrected chi connectivity index (χ4v) is 3.76. The van der Waals surface area contributed by atoms with Crippen LogP contribution in [-0.4, -0.2) is 36.8 Å². The van der Waals surface area contributed by atoms with Gasteiger partial charge in [0, 0.05) is 30.0 Å². The first-order valence-corrected chi connectivity index (χ1v) is 9.45. The Hall–Kier alpha value is -2.68. The predicted molar refractivity (Wildman–Crippen MR) is 92.3 cm³/mol. The molecule has 8 nitrogen and oxygen atoms in total. The smallest absolute Gasteiger partial charge is 0.317 e. The van der Waals surface area contributed by atoms with Crippen LogP contribution in [0.2, 0.25) is 0 Å². The van der Waals surface area contributed by atoms with E-state index in [9.17, 15) is 18.0 Å². The van der Waals surface area contributed by atoms with Crippen LogP contribution < -0.4 is 11.0 Å². The number of oxime groups is 1. The molecule has 0 saturated carbocycles. The van der Waals surface area contributed by atoms with E-state index in [2.05, 4.69) is 10.3 Å². The van der Waals surface area contributed by atoms with Crippen LogP contribution in [0.1, 0.15) is 23.1 Å². The molecule has 0 fully saturated rings. The number of benzene rings is 1. The number of rotatable bonds is 3. The highest BCUT2D eigenvalue weighted by molar-refractivity contribution is 7.90. The van der Waals surface area contributed by atoms with Crippen LogP contribution >= 0.6 is 0 Å². The molecule has 132 valence electrons. The van der Waals surface area contributed by atoms with Crippen molar-refractivity contribution in [1.82, 2.24) is 9.78 Å². The van der Waals surface area contributed by atoms with Gasteiger partial charge in [0.25, 0.3) is 0 Å². The van der Waals surface area contributed by atoms with E-state index in [0.717, 1.165) is 10.9 Å². The van der Waals surface area contributed by atoms with Crippen LogP contribution in [0.15, 0.2) is 38.0 Å². The molecule has 0 atom stereocenters. The molecule has 2 aromatic rings. The van der Waals surface area contributed by atoms with E-state index in [4.69, 9.17) is 4.84 Å². The molecular formula is C16H17N3O5S. The molecule has 1 aliphatic rings. The van der Waals surface area contributed by atoms with Gasteiger partial charge < -0.3 is 4.84 Å². The third kappa shape index (κ3) is 2.91. The fourth-order valence-electron chi connectivity index (χ4n) is 2.80. The first-order valence-electron chi connectivity index (χ1n) is 7.56. The normalized spacial score (nSPS) is 14.3. The number of nitrogens with one attached hydrogen (secondary N) is 1. The number of sulfone groups is 1. The van der Waals surface area contributed by atoms with Crippen molar-refractivity contribution >= 4 is 15.5 Å². The van der Waals surface area contributed by atoms with Gasteiger partial charge in [-0.1, -0.05) is 5.16 Å². The molecule has 0 unspecified atom stereocenters. The monoisotopic (exact) mass is 363 g/mol. The largest absolute Gasteiger partial charge is 0.395 e. The van der Waals surface area contributed by atoms with Gasteiger partial charge in [-0.15, -0.1) is 0 Å². The Kier molecular flexibility index (Phi) is 4.11. The summed E-state index contributed by atoms with van der Waals surface area (Å²) >= 11 is 0. The molecule has 9 heteroatoms. The maximum atomic E-state index is 12.3. The Morgan fingerprint density at radius 1 is 1.24 bits per heavy atom. The van der Waals surface area contributed by atoms with Crippen molar-refractivity contribution in [1.29, 1.82) is 0 Å². The van der Waals surface area contributed by atoms with Crippen LogP contribution in [0, 0.1) is 13.8 Å². The Bertz CT molecular complexity index is 1110. The fraction of sp³-hybridized carbons (Fsp3) is 0.312. The van der Waals surface area contributed by atoms with Crippen molar-refractivity contribution in [3.05, 3.63) is 55.6 Å². The van der Waals surface area contributed by atoms with E-state index in [1.165, 1.54) is 18.3 Å². The van der Waals surface area contributed by atoms with Crippen LogP contribution in [0.5, 0.6) is 0 Å². The number of H-pyrrole nitrogens is 1. The lowest BCUT2D eigenvalue weighted by atomic mass is 10.0. The summed E-state index contributed by atoms with van der Waals surface area (Å²) in [6, 6.07) is 2.91. The van der Waals surface area contributed by atoms with Crippen molar-refractivity contribution in [3.63, 3.8) is 0 Å². The first-order chi connectivity index (χ1) is 11.7. The Morgan fingerprint density at radius 3 is 2.56 bits per heavy atom. The van der Waals surface area contributed by atoms with E-state index in [-0.39, 0.29) is 4.90 Å². The van der Waals surface area contributed by atoms with Crippen LogP contribution in [0.4, 0.5) is 0 Å². The minimum Gasteiger partial charge on any atom is -0.395 e. The highest BCUT2D eigenvalue weighted by Crippen LogP contribution is 2.27. The Balaban J connectivity index is 2.35. The van der Waals surface area contributed by atoms with Crippen molar-refractivity contribution in [3.8, 4) is 5.69 Å². The molecule has 1 aromatic heterocycles. The number of aromatic amines is 1. The second kappa shape index (κ2) is 5.99. The summed E-state index contributed by atoms with van der Waals surface area (Å²) in [6.45, 7) is 3.59. The van der Waals surface area contributed by atoms with Crippen LogP contribution in [0.3, 0.4) is 0 Å². The van der Waals surface area contributed by atoms with E-state index in [0.29, 0.717) is 41.1 Å². The number of hydrogen-bond donors (Lipinski definition) is 1.